The Hall–Kier alpha value is -3.84. The van der Waals surface area contributed by atoms with Gasteiger partial charge in [-0.15, -0.1) is 0 Å². The number of urea groups is 1. The molecule has 0 spiro atoms. The fourth-order valence-electron chi connectivity index (χ4n) is 3.23. The smallest absolute Gasteiger partial charge is 0.337 e. The minimum atomic E-state index is -0.577. The zero-order valence-electron chi connectivity index (χ0n) is 16.6. The summed E-state index contributed by atoms with van der Waals surface area (Å²) in [6.07, 6.45) is 1.45. The van der Waals surface area contributed by atoms with Crippen molar-refractivity contribution in [3.63, 3.8) is 0 Å². The average Bonchev–Trinajstić information content (AvgIpc) is 3.32. The molecule has 1 aliphatic heterocycles. The Kier molecular flexibility index (Phi) is 5.35. The minimum absolute atomic E-state index is 0.0749. The van der Waals surface area contributed by atoms with Gasteiger partial charge in [-0.2, -0.15) is 0 Å². The van der Waals surface area contributed by atoms with E-state index < -0.39 is 17.9 Å². The van der Waals surface area contributed by atoms with Crippen LogP contribution in [-0.4, -0.2) is 25.0 Å². The summed E-state index contributed by atoms with van der Waals surface area (Å²) in [5.41, 5.74) is 2.46. The maximum Gasteiger partial charge on any atom is 0.337 e. The molecule has 0 radical (unpaired) electrons. The van der Waals surface area contributed by atoms with Crippen LogP contribution in [0.1, 0.15) is 21.7 Å². The van der Waals surface area contributed by atoms with Crippen LogP contribution >= 0.6 is 11.6 Å². The number of imide groups is 1. The Bertz CT molecular complexity index is 1240. The molecule has 0 saturated carbocycles. The second-order valence-corrected chi connectivity index (χ2v) is 7.27. The summed E-state index contributed by atoms with van der Waals surface area (Å²) >= 11 is 5.97. The van der Waals surface area contributed by atoms with Gasteiger partial charge in [0.25, 0.3) is 5.91 Å². The van der Waals surface area contributed by atoms with E-state index in [2.05, 4.69) is 5.32 Å². The molecular formula is C23H17ClN2O5. The van der Waals surface area contributed by atoms with E-state index in [9.17, 15) is 14.4 Å². The number of carbonyl (C=O) groups excluding carboxylic acids is 3. The van der Waals surface area contributed by atoms with E-state index in [4.69, 9.17) is 20.8 Å². The second-order valence-electron chi connectivity index (χ2n) is 6.83. The maximum absolute atomic E-state index is 12.8. The van der Waals surface area contributed by atoms with E-state index in [0.717, 1.165) is 16.0 Å². The molecule has 3 aromatic rings. The number of anilines is 1. The van der Waals surface area contributed by atoms with Gasteiger partial charge in [0.05, 0.1) is 18.4 Å². The van der Waals surface area contributed by atoms with Gasteiger partial charge in [-0.1, -0.05) is 23.7 Å². The van der Waals surface area contributed by atoms with Gasteiger partial charge < -0.3 is 14.5 Å². The van der Waals surface area contributed by atoms with Gasteiger partial charge in [0.15, 0.2) is 0 Å². The summed E-state index contributed by atoms with van der Waals surface area (Å²) < 4.78 is 10.6. The Morgan fingerprint density at radius 2 is 1.94 bits per heavy atom. The monoisotopic (exact) mass is 436 g/mol. The number of rotatable bonds is 4. The molecule has 1 N–H and O–H groups in total. The van der Waals surface area contributed by atoms with Crippen molar-refractivity contribution < 1.29 is 23.5 Å². The van der Waals surface area contributed by atoms with E-state index in [1.165, 1.54) is 19.3 Å². The van der Waals surface area contributed by atoms with Crippen LogP contribution < -0.4 is 10.2 Å². The predicted octanol–water partition coefficient (Wildman–Crippen LogP) is 4.79. The molecule has 0 aliphatic carbocycles. The molecular weight excluding hydrogens is 420 g/mol. The molecule has 1 aliphatic rings. The number of nitrogens with zero attached hydrogens (tertiary/aromatic N) is 1. The molecule has 2 aromatic carbocycles. The lowest BCUT2D eigenvalue weighted by Crippen LogP contribution is -2.30. The lowest BCUT2D eigenvalue weighted by molar-refractivity contribution is -0.113. The van der Waals surface area contributed by atoms with Crippen LogP contribution in [0.2, 0.25) is 5.02 Å². The molecule has 0 atom stereocenters. The van der Waals surface area contributed by atoms with Gasteiger partial charge >= 0.3 is 12.0 Å². The molecule has 7 nitrogen and oxygen atoms in total. The molecule has 0 unspecified atom stereocenters. The lowest BCUT2D eigenvalue weighted by atomic mass is 10.0. The van der Waals surface area contributed by atoms with Crippen molar-refractivity contribution in [3.8, 4) is 11.3 Å². The van der Waals surface area contributed by atoms with Gasteiger partial charge in [0.2, 0.25) is 0 Å². The minimum Gasteiger partial charge on any atom is -0.465 e. The van der Waals surface area contributed by atoms with Crippen LogP contribution in [0.5, 0.6) is 0 Å². The number of halogens is 1. The number of aryl methyl sites for hydroxylation is 1. The van der Waals surface area contributed by atoms with E-state index in [-0.39, 0.29) is 5.70 Å². The third-order valence-electron chi connectivity index (χ3n) is 4.78. The van der Waals surface area contributed by atoms with Crippen LogP contribution in [0.4, 0.5) is 10.5 Å². The van der Waals surface area contributed by atoms with Gasteiger partial charge in [0.1, 0.15) is 17.2 Å². The average molecular weight is 437 g/mol. The van der Waals surface area contributed by atoms with Crippen molar-refractivity contribution >= 4 is 41.3 Å². The molecule has 0 bridgehead atoms. The molecule has 156 valence electrons. The zero-order chi connectivity index (χ0) is 22.1. The van der Waals surface area contributed by atoms with E-state index in [1.54, 1.807) is 48.5 Å². The number of amides is 3. The van der Waals surface area contributed by atoms with E-state index >= 15 is 0 Å². The Labute approximate surface area is 182 Å². The van der Waals surface area contributed by atoms with Crippen molar-refractivity contribution in [1.29, 1.82) is 0 Å². The summed E-state index contributed by atoms with van der Waals surface area (Å²) in [5.74, 6) is -0.0855. The number of carbonyl (C=O) groups is 3. The zero-order valence-corrected chi connectivity index (χ0v) is 17.4. The normalized spacial score (nSPS) is 14.8. The Morgan fingerprint density at radius 1 is 1.13 bits per heavy atom. The first-order valence-electron chi connectivity index (χ1n) is 9.29. The largest absolute Gasteiger partial charge is 0.465 e. The third-order valence-corrected chi connectivity index (χ3v) is 5.02. The first kappa shape index (κ1) is 20.4. The lowest BCUT2D eigenvalue weighted by Gasteiger charge is -2.11. The van der Waals surface area contributed by atoms with Crippen molar-refractivity contribution in [2.75, 3.05) is 12.0 Å². The Morgan fingerprint density at radius 3 is 2.68 bits per heavy atom. The highest BCUT2D eigenvalue weighted by Crippen LogP contribution is 2.29. The quantitative estimate of drug-likeness (QED) is 0.361. The van der Waals surface area contributed by atoms with Crippen LogP contribution in [0.15, 0.2) is 64.7 Å². The Balaban J connectivity index is 1.63. The van der Waals surface area contributed by atoms with Crippen molar-refractivity contribution in [3.05, 3.63) is 82.2 Å². The fraction of sp³-hybridized carbons (Fsp3) is 0.0870. The number of benzene rings is 2. The summed E-state index contributed by atoms with van der Waals surface area (Å²) in [6.45, 7) is 1.89. The van der Waals surface area contributed by atoms with Crippen LogP contribution in [0, 0.1) is 6.92 Å². The molecule has 1 saturated heterocycles. The van der Waals surface area contributed by atoms with E-state index in [1.807, 2.05) is 6.92 Å². The number of methoxy groups -OCH3 is 1. The standard InChI is InChI=1S/C23H17ClN2O5/c1-13-6-7-14(22(28)30-2)10-18(13)20-9-8-17(31-20)12-19-21(27)26(23(29)25-19)16-5-3-4-15(24)11-16/h3-12H,1-2H3,(H,25,29)/b19-12+. The van der Waals surface area contributed by atoms with Crippen LogP contribution in [-0.2, 0) is 9.53 Å². The van der Waals surface area contributed by atoms with Crippen molar-refractivity contribution in [2.24, 2.45) is 0 Å². The fourth-order valence-corrected chi connectivity index (χ4v) is 3.42. The summed E-state index contributed by atoms with van der Waals surface area (Å²) in [4.78, 5) is 37.9. The topological polar surface area (TPSA) is 88.9 Å². The van der Waals surface area contributed by atoms with E-state index in [0.29, 0.717) is 27.8 Å². The maximum atomic E-state index is 12.8. The summed E-state index contributed by atoms with van der Waals surface area (Å²) in [5, 5.41) is 2.96. The van der Waals surface area contributed by atoms with Crippen LogP contribution in [0.3, 0.4) is 0 Å². The number of hydrogen-bond donors (Lipinski definition) is 1. The molecule has 4 rings (SSSR count). The number of nitrogens with one attached hydrogen (secondary N) is 1. The first-order valence-corrected chi connectivity index (χ1v) is 9.67. The van der Waals surface area contributed by atoms with Crippen LogP contribution in [0.25, 0.3) is 17.4 Å². The predicted molar refractivity (Wildman–Crippen MR) is 116 cm³/mol. The van der Waals surface area contributed by atoms with Gasteiger partial charge in [-0.3, -0.25) is 4.79 Å². The molecule has 1 fully saturated rings. The molecule has 2 heterocycles. The van der Waals surface area contributed by atoms with Gasteiger partial charge in [0, 0.05) is 16.7 Å². The van der Waals surface area contributed by atoms with Crippen molar-refractivity contribution in [2.45, 2.75) is 6.92 Å². The number of furan rings is 1. The number of hydrogen-bond acceptors (Lipinski definition) is 5. The second kappa shape index (κ2) is 8.12. The van der Waals surface area contributed by atoms with Gasteiger partial charge in [-0.05, 0) is 55.0 Å². The molecule has 3 amide bonds. The summed E-state index contributed by atoms with van der Waals surface area (Å²) in [7, 11) is 1.32. The number of esters is 1. The van der Waals surface area contributed by atoms with Crippen molar-refractivity contribution in [1.82, 2.24) is 5.32 Å². The molecule has 1 aromatic heterocycles. The SMILES string of the molecule is COC(=O)c1ccc(C)c(-c2ccc(/C=C3/NC(=O)N(c4cccc(Cl)c4)C3=O)o2)c1. The third kappa shape index (κ3) is 3.95. The molecule has 31 heavy (non-hydrogen) atoms. The highest BCUT2D eigenvalue weighted by Gasteiger charge is 2.35. The highest BCUT2D eigenvalue weighted by atomic mass is 35.5. The highest BCUT2D eigenvalue weighted by molar-refractivity contribution is 6.32. The van der Waals surface area contributed by atoms with Gasteiger partial charge in [-0.25, -0.2) is 14.5 Å². The number of ether oxygens (including phenoxy) is 1. The summed E-state index contributed by atoms with van der Waals surface area (Å²) in [6, 6.07) is 14.4. The first-order chi connectivity index (χ1) is 14.9. The molecule has 8 heteroatoms.